The molecule has 1 unspecified atom stereocenters. The standard InChI is InChI=1S/C16H16N2O/c1-13-17-16(15-10-6-3-7-11-15)18(19-13)12-14-8-4-2-5-9-14/h2-11,16H,12H2,1H3. The van der Waals surface area contributed by atoms with Crippen LogP contribution in [0.4, 0.5) is 0 Å². The molecule has 0 N–H and O–H groups in total. The van der Waals surface area contributed by atoms with Crippen LogP contribution in [0.15, 0.2) is 65.7 Å². The number of hydrogen-bond acceptors (Lipinski definition) is 3. The van der Waals surface area contributed by atoms with Gasteiger partial charge in [-0.2, -0.15) is 0 Å². The molecule has 0 amide bonds. The molecule has 1 aliphatic rings. The Morgan fingerprint density at radius 3 is 2.32 bits per heavy atom. The number of benzene rings is 2. The van der Waals surface area contributed by atoms with Gasteiger partial charge in [-0.05, 0) is 11.1 Å². The molecule has 1 heterocycles. The van der Waals surface area contributed by atoms with Crippen molar-refractivity contribution in [3.63, 3.8) is 0 Å². The van der Waals surface area contributed by atoms with Crippen LogP contribution in [0.25, 0.3) is 0 Å². The number of hydroxylamine groups is 2. The quantitative estimate of drug-likeness (QED) is 0.834. The topological polar surface area (TPSA) is 24.8 Å². The average Bonchev–Trinajstić information content (AvgIpc) is 2.82. The molecule has 2 aromatic carbocycles. The van der Waals surface area contributed by atoms with Crippen LogP contribution in [-0.2, 0) is 11.4 Å². The van der Waals surface area contributed by atoms with Gasteiger partial charge in [0.05, 0.1) is 6.54 Å². The summed E-state index contributed by atoms with van der Waals surface area (Å²) in [6, 6.07) is 20.5. The van der Waals surface area contributed by atoms with Gasteiger partial charge >= 0.3 is 0 Å². The summed E-state index contributed by atoms with van der Waals surface area (Å²) in [4.78, 5) is 10.3. The zero-order valence-corrected chi connectivity index (χ0v) is 10.9. The van der Waals surface area contributed by atoms with Crippen molar-refractivity contribution in [3.8, 4) is 0 Å². The van der Waals surface area contributed by atoms with E-state index >= 15 is 0 Å². The zero-order valence-electron chi connectivity index (χ0n) is 10.9. The first-order valence-corrected chi connectivity index (χ1v) is 6.41. The van der Waals surface area contributed by atoms with Crippen LogP contribution in [0.3, 0.4) is 0 Å². The molecule has 0 saturated carbocycles. The first kappa shape index (κ1) is 11.9. The molecular weight excluding hydrogens is 236 g/mol. The van der Waals surface area contributed by atoms with Gasteiger partial charge in [0, 0.05) is 6.92 Å². The first-order chi connectivity index (χ1) is 9.33. The van der Waals surface area contributed by atoms with E-state index in [1.807, 2.05) is 48.4 Å². The average molecular weight is 252 g/mol. The van der Waals surface area contributed by atoms with Crippen LogP contribution in [0.1, 0.15) is 24.2 Å². The van der Waals surface area contributed by atoms with Crippen molar-refractivity contribution in [2.45, 2.75) is 19.6 Å². The Morgan fingerprint density at radius 1 is 1.00 bits per heavy atom. The predicted octanol–water partition coefficient (Wildman–Crippen LogP) is 3.55. The highest BCUT2D eigenvalue weighted by Crippen LogP contribution is 2.29. The largest absolute Gasteiger partial charge is 0.388 e. The molecule has 0 aromatic heterocycles. The Balaban J connectivity index is 1.82. The summed E-state index contributed by atoms with van der Waals surface area (Å²) in [5.74, 6) is 0.713. The number of hydrogen-bond donors (Lipinski definition) is 0. The number of rotatable bonds is 3. The van der Waals surface area contributed by atoms with Crippen molar-refractivity contribution in [2.75, 3.05) is 0 Å². The maximum absolute atomic E-state index is 5.72. The van der Waals surface area contributed by atoms with Crippen molar-refractivity contribution in [3.05, 3.63) is 71.8 Å². The number of nitrogens with zero attached hydrogens (tertiary/aromatic N) is 2. The maximum Gasteiger partial charge on any atom is 0.208 e. The van der Waals surface area contributed by atoms with E-state index in [4.69, 9.17) is 4.84 Å². The second-order valence-corrected chi connectivity index (χ2v) is 4.58. The molecule has 19 heavy (non-hydrogen) atoms. The molecule has 1 atom stereocenters. The lowest BCUT2D eigenvalue weighted by Crippen LogP contribution is -2.23. The lowest BCUT2D eigenvalue weighted by atomic mass is 10.1. The van der Waals surface area contributed by atoms with E-state index in [0.29, 0.717) is 5.90 Å². The zero-order chi connectivity index (χ0) is 13.1. The summed E-state index contributed by atoms with van der Waals surface area (Å²) in [7, 11) is 0. The molecule has 0 bridgehead atoms. The Bertz CT molecular complexity index is 566. The molecule has 1 aliphatic heterocycles. The highest BCUT2D eigenvalue weighted by molar-refractivity contribution is 5.74. The van der Waals surface area contributed by atoms with E-state index in [2.05, 4.69) is 29.3 Å². The monoisotopic (exact) mass is 252 g/mol. The minimum Gasteiger partial charge on any atom is -0.388 e. The second-order valence-electron chi connectivity index (χ2n) is 4.58. The van der Waals surface area contributed by atoms with Gasteiger partial charge in [-0.1, -0.05) is 60.7 Å². The van der Waals surface area contributed by atoms with Crippen LogP contribution >= 0.6 is 0 Å². The number of aliphatic imine (C=N–C) groups is 1. The molecule has 96 valence electrons. The van der Waals surface area contributed by atoms with Gasteiger partial charge in [-0.15, -0.1) is 5.06 Å². The smallest absolute Gasteiger partial charge is 0.208 e. The van der Waals surface area contributed by atoms with Crippen LogP contribution in [0, 0.1) is 0 Å². The van der Waals surface area contributed by atoms with E-state index in [0.717, 1.165) is 12.1 Å². The maximum atomic E-state index is 5.72. The second kappa shape index (κ2) is 5.24. The summed E-state index contributed by atoms with van der Waals surface area (Å²) >= 11 is 0. The summed E-state index contributed by atoms with van der Waals surface area (Å²) in [6.45, 7) is 2.61. The van der Waals surface area contributed by atoms with Gasteiger partial charge in [-0.3, -0.25) is 0 Å². The molecule has 2 aromatic rings. The predicted molar refractivity (Wildman–Crippen MR) is 75.4 cm³/mol. The molecule has 0 spiro atoms. The van der Waals surface area contributed by atoms with Crippen LogP contribution in [-0.4, -0.2) is 11.0 Å². The normalized spacial score (nSPS) is 19.0. The third-order valence-electron chi connectivity index (χ3n) is 3.11. The lowest BCUT2D eigenvalue weighted by molar-refractivity contribution is -0.0938. The van der Waals surface area contributed by atoms with E-state index < -0.39 is 0 Å². The Hall–Kier alpha value is -2.13. The van der Waals surface area contributed by atoms with Gasteiger partial charge in [0.25, 0.3) is 0 Å². The molecule has 3 nitrogen and oxygen atoms in total. The van der Waals surface area contributed by atoms with Crippen LogP contribution in [0.2, 0.25) is 0 Å². The van der Waals surface area contributed by atoms with E-state index in [-0.39, 0.29) is 6.17 Å². The van der Waals surface area contributed by atoms with Crippen molar-refractivity contribution in [1.29, 1.82) is 0 Å². The summed E-state index contributed by atoms with van der Waals surface area (Å²) in [5, 5.41) is 1.92. The van der Waals surface area contributed by atoms with E-state index in [9.17, 15) is 0 Å². The molecule has 3 rings (SSSR count). The Labute approximate surface area is 113 Å². The van der Waals surface area contributed by atoms with Crippen molar-refractivity contribution in [2.24, 2.45) is 4.99 Å². The minimum atomic E-state index is -0.0543. The molecule has 0 fully saturated rings. The summed E-state index contributed by atoms with van der Waals surface area (Å²) in [6.07, 6.45) is -0.0543. The first-order valence-electron chi connectivity index (χ1n) is 6.41. The fourth-order valence-corrected chi connectivity index (χ4v) is 2.23. The van der Waals surface area contributed by atoms with Crippen molar-refractivity contribution in [1.82, 2.24) is 5.06 Å². The SMILES string of the molecule is CC1=NC(c2ccccc2)N(Cc2ccccc2)O1. The summed E-state index contributed by atoms with van der Waals surface area (Å²) < 4.78 is 0. The van der Waals surface area contributed by atoms with Crippen molar-refractivity contribution < 1.29 is 4.84 Å². The van der Waals surface area contributed by atoms with Crippen LogP contribution in [0.5, 0.6) is 0 Å². The molecule has 0 radical (unpaired) electrons. The molecule has 0 saturated heterocycles. The third-order valence-corrected chi connectivity index (χ3v) is 3.11. The van der Waals surface area contributed by atoms with Gasteiger partial charge in [0.1, 0.15) is 0 Å². The molecular formula is C16H16N2O. The highest BCUT2D eigenvalue weighted by Gasteiger charge is 2.27. The van der Waals surface area contributed by atoms with E-state index in [1.54, 1.807) is 0 Å². The lowest BCUT2D eigenvalue weighted by Gasteiger charge is -2.21. The van der Waals surface area contributed by atoms with Gasteiger partial charge in [0.2, 0.25) is 5.90 Å². The third kappa shape index (κ3) is 2.66. The van der Waals surface area contributed by atoms with Crippen LogP contribution < -0.4 is 0 Å². The molecule has 0 aliphatic carbocycles. The summed E-state index contributed by atoms with van der Waals surface area (Å²) in [5.41, 5.74) is 2.36. The van der Waals surface area contributed by atoms with Gasteiger partial charge in [0.15, 0.2) is 6.17 Å². The van der Waals surface area contributed by atoms with Gasteiger partial charge in [-0.25, -0.2) is 4.99 Å². The highest BCUT2D eigenvalue weighted by atomic mass is 16.7. The van der Waals surface area contributed by atoms with Gasteiger partial charge < -0.3 is 4.84 Å². The fourth-order valence-electron chi connectivity index (χ4n) is 2.23. The van der Waals surface area contributed by atoms with E-state index in [1.165, 1.54) is 5.56 Å². The Morgan fingerprint density at radius 2 is 1.63 bits per heavy atom. The van der Waals surface area contributed by atoms with Crippen molar-refractivity contribution >= 4 is 5.90 Å². The Kier molecular flexibility index (Phi) is 3.29. The minimum absolute atomic E-state index is 0.0543. The fraction of sp³-hybridized carbons (Fsp3) is 0.188. The molecule has 3 heteroatoms.